The molecule has 0 aromatic carbocycles. The number of carboxylic acid groups (broad SMARTS) is 1. The van der Waals surface area contributed by atoms with Crippen molar-refractivity contribution in [3.05, 3.63) is 0 Å². The second-order valence-corrected chi connectivity index (χ2v) is 5.33. The number of rotatable bonds is 6. The van der Waals surface area contributed by atoms with E-state index >= 15 is 0 Å². The molecule has 7 nitrogen and oxygen atoms in total. The topological polar surface area (TPSA) is 98.7 Å². The average Bonchev–Trinajstić information content (AvgIpc) is 2.50. The first-order valence-corrected chi connectivity index (χ1v) is 7.50. The van der Waals surface area contributed by atoms with Gasteiger partial charge in [0.1, 0.15) is 6.04 Å². The minimum Gasteiger partial charge on any atom is -0.481 e. The van der Waals surface area contributed by atoms with Gasteiger partial charge < -0.3 is 20.6 Å². The van der Waals surface area contributed by atoms with Gasteiger partial charge in [-0.25, -0.2) is 4.79 Å². The zero-order valence-corrected chi connectivity index (χ0v) is 12.7. The largest absolute Gasteiger partial charge is 0.481 e. The first kappa shape index (κ1) is 17.3. The molecule has 1 saturated heterocycles. The van der Waals surface area contributed by atoms with Crippen molar-refractivity contribution in [2.24, 2.45) is 5.92 Å². The van der Waals surface area contributed by atoms with Gasteiger partial charge in [-0.15, -0.1) is 0 Å². The second kappa shape index (κ2) is 8.49. The summed E-state index contributed by atoms with van der Waals surface area (Å²) < 4.78 is 0. The molecule has 1 fully saturated rings. The Bertz CT molecular complexity index is 386. The Morgan fingerprint density at radius 3 is 2.62 bits per heavy atom. The van der Waals surface area contributed by atoms with E-state index in [1.165, 1.54) is 4.90 Å². The maximum Gasteiger partial charge on any atom is 0.318 e. The molecule has 3 N–H and O–H groups in total. The quantitative estimate of drug-likeness (QED) is 0.675. The van der Waals surface area contributed by atoms with Crippen LogP contribution in [0.5, 0.6) is 0 Å². The SMILES string of the molecule is CCCC(CNC(=O)N1CCCCC1C(=O)NC)C(=O)O. The molecule has 0 radical (unpaired) electrons. The van der Waals surface area contributed by atoms with Crippen LogP contribution in [0.1, 0.15) is 39.0 Å². The maximum atomic E-state index is 12.2. The van der Waals surface area contributed by atoms with Gasteiger partial charge in [-0.05, 0) is 25.7 Å². The lowest BCUT2D eigenvalue weighted by atomic mass is 10.0. The summed E-state index contributed by atoms with van der Waals surface area (Å²) in [7, 11) is 1.55. The third kappa shape index (κ3) is 4.91. The van der Waals surface area contributed by atoms with Crippen LogP contribution < -0.4 is 10.6 Å². The number of urea groups is 1. The third-order valence-corrected chi connectivity index (χ3v) is 3.80. The van der Waals surface area contributed by atoms with Gasteiger partial charge >= 0.3 is 12.0 Å². The van der Waals surface area contributed by atoms with Crippen molar-refractivity contribution in [1.82, 2.24) is 15.5 Å². The zero-order valence-electron chi connectivity index (χ0n) is 12.7. The van der Waals surface area contributed by atoms with Gasteiger partial charge in [-0.1, -0.05) is 13.3 Å². The number of nitrogens with one attached hydrogen (secondary N) is 2. The summed E-state index contributed by atoms with van der Waals surface area (Å²) >= 11 is 0. The van der Waals surface area contributed by atoms with Gasteiger partial charge in [-0.3, -0.25) is 9.59 Å². The highest BCUT2D eigenvalue weighted by atomic mass is 16.4. The number of nitrogens with zero attached hydrogens (tertiary/aromatic N) is 1. The van der Waals surface area contributed by atoms with Crippen LogP contribution in [0.3, 0.4) is 0 Å². The smallest absolute Gasteiger partial charge is 0.318 e. The Kier molecular flexibility index (Phi) is 6.98. The van der Waals surface area contributed by atoms with E-state index < -0.39 is 17.9 Å². The van der Waals surface area contributed by atoms with Crippen LogP contribution in [-0.2, 0) is 9.59 Å². The van der Waals surface area contributed by atoms with E-state index in [9.17, 15) is 14.4 Å². The highest BCUT2D eigenvalue weighted by molar-refractivity contribution is 5.87. The molecule has 0 saturated carbocycles. The van der Waals surface area contributed by atoms with Crippen LogP contribution >= 0.6 is 0 Å². The van der Waals surface area contributed by atoms with Crippen molar-refractivity contribution in [2.45, 2.75) is 45.1 Å². The maximum absolute atomic E-state index is 12.2. The number of hydrogen-bond donors (Lipinski definition) is 3. The van der Waals surface area contributed by atoms with Gasteiger partial charge in [0.25, 0.3) is 0 Å². The lowest BCUT2D eigenvalue weighted by molar-refractivity contribution is -0.141. The molecule has 1 heterocycles. The lowest BCUT2D eigenvalue weighted by Gasteiger charge is -2.34. The van der Waals surface area contributed by atoms with Crippen molar-refractivity contribution in [1.29, 1.82) is 0 Å². The van der Waals surface area contributed by atoms with Crippen molar-refractivity contribution in [3.63, 3.8) is 0 Å². The van der Waals surface area contributed by atoms with E-state index in [0.29, 0.717) is 19.4 Å². The number of aliphatic carboxylic acids is 1. The predicted octanol–water partition coefficient (Wildman–Crippen LogP) is 0.797. The lowest BCUT2D eigenvalue weighted by Crippen LogP contribution is -2.55. The monoisotopic (exact) mass is 299 g/mol. The van der Waals surface area contributed by atoms with Crippen LogP contribution in [-0.4, -0.2) is 54.1 Å². The molecule has 2 atom stereocenters. The van der Waals surface area contributed by atoms with Crippen molar-refractivity contribution in [2.75, 3.05) is 20.1 Å². The minimum absolute atomic E-state index is 0.0962. The Hall–Kier alpha value is -1.79. The first-order chi connectivity index (χ1) is 10.0. The van der Waals surface area contributed by atoms with Gasteiger partial charge in [-0.2, -0.15) is 0 Å². The van der Waals surface area contributed by atoms with Crippen LogP contribution in [0.4, 0.5) is 4.79 Å². The van der Waals surface area contributed by atoms with E-state index in [-0.39, 0.29) is 18.5 Å². The summed E-state index contributed by atoms with van der Waals surface area (Å²) in [5, 5.41) is 14.3. The first-order valence-electron chi connectivity index (χ1n) is 7.50. The summed E-state index contributed by atoms with van der Waals surface area (Å²) in [4.78, 5) is 36.6. The molecule has 3 amide bonds. The Morgan fingerprint density at radius 1 is 1.33 bits per heavy atom. The predicted molar refractivity (Wildman–Crippen MR) is 77.8 cm³/mol. The second-order valence-electron chi connectivity index (χ2n) is 5.33. The number of carbonyl (C=O) groups excluding carboxylic acids is 2. The molecule has 0 aliphatic carbocycles. The minimum atomic E-state index is -0.904. The van der Waals surface area contributed by atoms with E-state index in [0.717, 1.165) is 19.3 Å². The molecule has 0 bridgehead atoms. The molecule has 120 valence electrons. The Labute approximate surface area is 125 Å². The normalized spacial score (nSPS) is 19.7. The van der Waals surface area contributed by atoms with Crippen molar-refractivity contribution < 1.29 is 19.5 Å². The van der Waals surface area contributed by atoms with Crippen molar-refractivity contribution in [3.8, 4) is 0 Å². The standard InChI is InChI=1S/C14H25N3O4/c1-3-6-10(13(19)20)9-16-14(21)17-8-5-4-7-11(17)12(18)15-2/h10-11H,3-9H2,1-2H3,(H,15,18)(H,16,21)(H,19,20). The summed E-state index contributed by atoms with van der Waals surface area (Å²) in [6.45, 7) is 2.53. The van der Waals surface area contributed by atoms with Gasteiger partial charge in [0.15, 0.2) is 0 Å². The third-order valence-electron chi connectivity index (χ3n) is 3.80. The number of carboxylic acids is 1. The number of likely N-dealkylation sites (tertiary alicyclic amines) is 1. The molecule has 0 aromatic heterocycles. The number of hydrogen-bond acceptors (Lipinski definition) is 3. The van der Waals surface area contributed by atoms with E-state index in [4.69, 9.17) is 5.11 Å². The fraction of sp³-hybridized carbons (Fsp3) is 0.786. The Morgan fingerprint density at radius 2 is 2.05 bits per heavy atom. The van der Waals surface area contributed by atoms with Gasteiger partial charge in [0.2, 0.25) is 5.91 Å². The number of likely N-dealkylation sites (N-methyl/N-ethyl adjacent to an activating group) is 1. The molecular formula is C14H25N3O4. The van der Waals surface area contributed by atoms with E-state index in [1.807, 2.05) is 6.92 Å². The molecule has 21 heavy (non-hydrogen) atoms. The molecule has 1 aliphatic heterocycles. The molecule has 1 aliphatic rings. The summed E-state index contributed by atoms with van der Waals surface area (Å²) in [5.41, 5.74) is 0. The van der Waals surface area contributed by atoms with Crippen LogP contribution in [0.15, 0.2) is 0 Å². The van der Waals surface area contributed by atoms with Crippen LogP contribution in [0.25, 0.3) is 0 Å². The van der Waals surface area contributed by atoms with Gasteiger partial charge in [0, 0.05) is 20.1 Å². The molecule has 0 spiro atoms. The van der Waals surface area contributed by atoms with E-state index in [1.54, 1.807) is 7.05 Å². The number of amides is 3. The summed E-state index contributed by atoms with van der Waals surface area (Å²) in [5.74, 6) is -1.66. The molecular weight excluding hydrogens is 274 g/mol. The fourth-order valence-corrected chi connectivity index (χ4v) is 2.59. The molecule has 2 unspecified atom stereocenters. The average molecular weight is 299 g/mol. The number of piperidine rings is 1. The van der Waals surface area contributed by atoms with E-state index in [2.05, 4.69) is 10.6 Å². The Balaban J connectivity index is 2.59. The zero-order chi connectivity index (χ0) is 15.8. The summed E-state index contributed by atoms with van der Waals surface area (Å²) in [6, 6.07) is -0.816. The fourth-order valence-electron chi connectivity index (χ4n) is 2.59. The highest BCUT2D eigenvalue weighted by Gasteiger charge is 2.31. The highest BCUT2D eigenvalue weighted by Crippen LogP contribution is 2.17. The number of carbonyl (C=O) groups is 3. The summed E-state index contributed by atoms with van der Waals surface area (Å²) in [6.07, 6.45) is 3.68. The van der Waals surface area contributed by atoms with Crippen molar-refractivity contribution >= 4 is 17.9 Å². The van der Waals surface area contributed by atoms with Crippen LogP contribution in [0, 0.1) is 5.92 Å². The molecule has 0 aromatic rings. The molecule has 7 heteroatoms. The molecule has 1 rings (SSSR count). The van der Waals surface area contributed by atoms with Crippen LogP contribution in [0.2, 0.25) is 0 Å². The van der Waals surface area contributed by atoms with Gasteiger partial charge in [0.05, 0.1) is 5.92 Å².